The molecule has 0 aromatic rings. The molecule has 1 aliphatic heterocycles. The average molecular weight is 369 g/mol. The van der Waals surface area contributed by atoms with Crippen molar-refractivity contribution in [3.8, 4) is 0 Å². The van der Waals surface area contributed by atoms with Crippen LogP contribution in [-0.2, 0) is 14.3 Å². The van der Waals surface area contributed by atoms with Gasteiger partial charge in [-0.05, 0) is 64.2 Å². The van der Waals surface area contributed by atoms with Crippen molar-refractivity contribution in [2.45, 2.75) is 62.8 Å². The number of esters is 1. The molecule has 25 heavy (non-hydrogen) atoms. The molecule has 5 rings (SSSR count). The number of imide groups is 1. The lowest BCUT2D eigenvalue weighted by atomic mass is 9.49. The van der Waals surface area contributed by atoms with Crippen LogP contribution in [-0.4, -0.2) is 46.4 Å². The maximum atomic E-state index is 12.8. The summed E-state index contributed by atoms with van der Waals surface area (Å²) in [5.41, 5.74) is -1.35. The quantitative estimate of drug-likeness (QED) is 0.470. The van der Waals surface area contributed by atoms with Gasteiger partial charge >= 0.3 is 12.0 Å². The monoisotopic (exact) mass is 368 g/mol. The number of hydrogen-bond acceptors (Lipinski definition) is 4. The van der Waals surface area contributed by atoms with Gasteiger partial charge in [-0.2, -0.15) is 0 Å². The Morgan fingerprint density at radius 2 is 1.88 bits per heavy atom. The van der Waals surface area contributed by atoms with Crippen LogP contribution in [0.15, 0.2) is 0 Å². The number of alkyl halides is 1. The molecular formula is C18H25ClN2O4. The van der Waals surface area contributed by atoms with Gasteiger partial charge < -0.3 is 10.1 Å². The lowest BCUT2D eigenvalue weighted by Gasteiger charge is -2.58. The van der Waals surface area contributed by atoms with E-state index in [-0.39, 0.29) is 29.9 Å². The molecule has 4 aliphatic carbocycles. The normalized spacial score (nSPS) is 41.2. The van der Waals surface area contributed by atoms with Crippen molar-refractivity contribution in [3.63, 3.8) is 0 Å². The zero-order chi connectivity index (χ0) is 18.0. The van der Waals surface area contributed by atoms with E-state index in [1.54, 1.807) is 13.8 Å². The topological polar surface area (TPSA) is 75.7 Å². The summed E-state index contributed by atoms with van der Waals surface area (Å²) in [5, 5.41) is 2.62. The fourth-order valence-corrected chi connectivity index (χ4v) is 6.49. The Morgan fingerprint density at radius 1 is 1.24 bits per heavy atom. The number of carbonyl (C=O) groups excluding carboxylic acids is 3. The van der Waals surface area contributed by atoms with Gasteiger partial charge in [0.1, 0.15) is 12.1 Å². The first-order valence-electron chi connectivity index (χ1n) is 9.13. The number of rotatable bonds is 4. The van der Waals surface area contributed by atoms with Gasteiger partial charge in [0.05, 0.1) is 12.0 Å². The third-order valence-electron chi connectivity index (χ3n) is 6.42. The smallest absolute Gasteiger partial charge is 0.325 e. The molecule has 1 saturated heterocycles. The molecule has 6 nitrogen and oxygen atoms in total. The molecule has 1 heterocycles. The van der Waals surface area contributed by atoms with Crippen molar-refractivity contribution in [3.05, 3.63) is 0 Å². The number of ether oxygens (including phenoxy) is 1. The average Bonchev–Trinajstić information content (AvgIpc) is 2.66. The van der Waals surface area contributed by atoms with Crippen molar-refractivity contribution >= 4 is 29.5 Å². The van der Waals surface area contributed by atoms with E-state index >= 15 is 0 Å². The highest BCUT2D eigenvalue weighted by molar-refractivity contribution is 6.24. The third-order valence-corrected chi connectivity index (χ3v) is 6.86. The van der Waals surface area contributed by atoms with E-state index in [0.717, 1.165) is 30.6 Å². The van der Waals surface area contributed by atoms with Crippen LogP contribution in [0.25, 0.3) is 0 Å². The number of nitrogens with zero attached hydrogens (tertiary/aromatic N) is 1. The summed E-state index contributed by atoms with van der Waals surface area (Å²) in [4.78, 5) is 37.7. The standard InChI is InChI=1S/C18H25ClN2O4/c1-16(2)13(22)21(15(24)20-16)3-4-25-14(23)17-6-11-5-12(7-17)9-18(19,8-11)10-17/h11-12H,3-10H2,1-2H3,(H,20,24)/t11-,12-,17?,18?/m1/s1. The van der Waals surface area contributed by atoms with Gasteiger partial charge in [0, 0.05) is 4.87 Å². The van der Waals surface area contributed by atoms with E-state index < -0.39 is 17.0 Å². The summed E-state index contributed by atoms with van der Waals surface area (Å²) in [7, 11) is 0. The molecule has 3 amide bonds. The summed E-state index contributed by atoms with van der Waals surface area (Å²) in [6, 6.07) is -0.430. The van der Waals surface area contributed by atoms with E-state index in [1.807, 2.05) is 0 Å². The molecule has 0 unspecified atom stereocenters. The number of amides is 3. The first kappa shape index (κ1) is 17.1. The van der Waals surface area contributed by atoms with E-state index in [9.17, 15) is 14.4 Å². The minimum atomic E-state index is -0.897. The molecule has 5 fully saturated rings. The molecule has 4 saturated carbocycles. The maximum Gasteiger partial charge on any atom is 0.325 e. The second kappa shape index (κ2) is 5.35. The van der Waals surface area contributed by atoms with Crippen LogP contribution in [0.3, 0.4) is 0 Å². The summed E-state index contributed by atoms with van der Waals surface area (Å²) < 4.78 is 5.53. The number of urea groups is 1. The van der Waals surface area contributed by atoms with Crippen molar-refractivity contribution in [1.82, 2.24) is 10.2 Å². The van der Waals surface area contributed by atoms with E-state index in [2.05, 4.69) is 5.32 Å². The van der Waals surface area contributed by atoms with Crippen molar-refractivity contribution in [2.75, 3.05) is 13.2 Å². The van der Waals surface area contributed by atoms with Gasteiger partial charge in [0.15, 0.2) is 0 Å². The van der Waals surface area contributed by atoms with Crippen molar-refractivity contribution < 1.29 is 19.1 Å². The highest BCUT2D eigenvalue weighted by Gasteiger charge is 2.60. The summed E-state index contributed by atoms with van der Waals surface area (Å²) >= 11 is 6.76. The van der Waals surface area contributed by atoms with E-state index in [4.69, 9.17) is 16.3 Å². The summed E-state index contributed by atoms with van der Waals surface area (Å²) in [5.74, 6) is 0.567. The van der Waals surface area contributed by atoms with Gasteiger partial charge in [0.2, 0.25) is 0 Å². The van der Waals surface area contributed by atoms with E-state index in [0.29, 0.717) is 18.3 Å². The van der Waals surface area contributed by atoms with Crippen LogP contribution in [0.2, 0.25) is 0 Å². The molecule has 2 atom stereocenters. The fourth-order valence-electron chi connectivity index (χ4n) is 5.79. The molecule has 0 radical (unpaired) electrons. The van der Waals surface area contributed by atoms with Gasteiger partial charge in [0.25, 0.3) is 5.91 Å². The van der Waals surface area contributed by atoms with Gasteiger partial charge in [-0.3, -0.25) is 14.5 Å². The van der Waals surface area contributed by atoms with Crippen LogP contribution in [0.5, 0.6) is 0 Å². The van der Waals surface area contributed by atoms with Crippen LogP contribution in [0, 0.1) is 17.3 Å². The minimum absolute atomic E-state index is 0.0421. The van der Waals surface area contributed by atoms with Crippen LogP contribution < -0.4 is 5.32 Å². The van der Waals surface area contributed by atoms with Crippen LogP contribution >= 0.6 is 11.6 Å². The Hall–Kier alpha value is -1.30. The van der Waals surface area contributed by atoms with Gasteiger partial charge in [-0.25, -0.2) is 4.79 Å². The third kappa shape index (κ3) is 2.73. The van der Waals surface area contributed by atoms with Crippen molar-refractivity contribution in [1.29, 1.82) is 0 Å². The minimum Gasteiger partial charge on any atom is -0.463 e. The molecular weight excluding hydrogens is 344 g/mol. The maximum absolute atomic E-state index is 12.8. The highest BCUT2D eigenvalue weighted by Crippen LogP contribution is 2.64. The lowest BCUT2D eigenvalue weighted by Crippen LogP contribution is -2.56. The molecule has 0 aromatic carbocycles. The number of carbonyl (C=O) groups is 3. The van der Waals surface area contributed by atoms with E-state index in [1.165, 1.54) is 6.42 Å². The molecule has 138 valence electrons. The van der Waals surface area contributed by atoms with Crippen LogP contribution in [0.1, 0.15) is 52.4 Å². The van der Waals surface area contributed by atoms with Gasteiger partial charge in [-0.15, -0.1) is 11.6 Å². The first-order chi connectivity index (χ1) is 11.6. The molecule has 7 heteroatoms. The SMILES string of the molecule is CC1(C)NC(=O)N(CCOC(=O)C23C[C@H]4C[C@@H](CC(Cl)(C4)C2)C3)C1=O. The molecule has 1 N–H and O–H groups in total. The first-order valence-corrected chi connectivity index (χ1v) is 9.51. The summed E-state index contributed by atoms with van der Waals surface area (Å²) in [6.07, 6.45) is 5.64. The Balaban J connectivity index is 1.37. The molecule has 0 spiro atoms. The zero-order valence-corrected chi connectivity index (χ0v) is 15.5. The Kier molecular flexibility index (Phi) is 3.67. The second-order valence-corrected chi connectivity index (χ2v) is 9.84. The number of halogens is 1. The molecule has 4 bridgehead atoms. The summed E-state index contributed by atoms with van der Waals surface area (Å²) in [6.45, 7) is 3.46. The lowest BCUT2D eigenvalue weighted by molar-refractivity contribution is -0.170. The van der Waals surface area contributed by atoms with Crippen LogP contribution in [0.4, 0.5) is 4.79 Å². The largest absolute Gasteiger partial charge is 0.463 e. The Morgan fingerprint density at radius 3 is 2.40 bits per heavy atom. The Labute approximate surface area is 152 Å². The number of hydrogen-bond donors (Lipinski definition) is 1. The second-order valence-electron chi connectivity index (χ2n) is 9.04. The highest BCUT2D eigenvalue weighted by atomic mass is 35.5. The van der Waals surface area contributed by atoms with Crippen molar-refractivity contribution in [2.24, 2.45) is 17.3 Å². The fraction of sp³-hybridized carbons (Fsp3) is 0.833. The van der Waals surface area contributed by atoms with Gasteiger partial charge in [-0.1, -0.05) is 0 Å². The zero-order valence-electron chi connectivity index (χ0n) is 14.8. The Bertz CT molecular complexity index is 633. The molecule has 0 aromatic heterocycles. The number of nitrogens with one attached hydrogen (secondary N) is 1. The predicted octanol–water partition coefficient (Wildman–Crippen LogP) is 2.44. The predicted molar refractivity (Wildman–Crippen MR) is 91.0 cm³/mol. The molecule has 5 aliphatic rings.